The van der Waals surface area contributed by atoms with Crippen molar-refractivity contribution >= 4 is 0 Å². The van der Waals surface area contributed by atoms with Crippen LogP contribution in [-0.4, -0.2) is 51.3 Å². The van der Waals surface area contributed by atoms with Gasteiger partial charge in [0.15, 0.2) is 0 Å². The van der Waals surface area contributed by atoms with Crippen LogP contribution in [0.4, 0.5) is 0 Å². The van der Waals surface area contributed by atoms with Gasteiger partial charge in [0.25, 0.3) is 0 Å². The molecular weight excluding hydrogens is 224 g/mol. The summed E-state index contributed by atoms with van der Waals surface area (Å²) in [6, 6.07) is 0. The summed E-state index contributed by atoms with van der Waals surface area (Å²) in [7, 11) is 1.82. The molecule has 0 amide bonds. The van der Waals surface area contributed by atoms with Crippen molar-refractivity contribution in [3.8, 4) is 0 Å². The summed E-state index contributed by atoms with van der Waals surface area (Å²) in [6.45, 7) is 11.3. The smallest absolute Gasteiger partial charge is 0.0491 e. The lowest BCUT2D eigenvalue weighted by Crippen LogP contribution is -2.40. The normalized spacial score (nSPS) is 23.5. The fourth-order valence-electron chi connectivity index (χ4n) is 3.00. The SMILES string of the molecule is CC.COCC1CCN(CC2CCNCC2)CC1. The molecule has 2 aliphatic rings. The van der Waals surface area contributed by atoms with Gasteiger partial charge < -0.3 is 15.0 Å². The summed E-state index contributed by atoms with van der Waals surface area (Å²) in [6.07, 6.45) is 5.41. The van der Waals surface area contributed by atoms with Crippen LogP contribution in [0, 0.1) is 11.8 Å². The van der Waals surface area contributed by atoms with Gasteiger partial charge in [-0.25, -0.2) is 0 Å². The number of hydrogen-bond acceptors (Lipinski definition) is 3. The predicted molar refractivity (Wildman–Crippen MR) is 78.0 cm³/mol. The molecule has 0 aliphatic carbocycles. The van der Waals surface area contributed by atoms with E-state index in [1.165, 1.54) is 58.4 Å². The monoisotopic (exact) mass is 256 g/mol. The molecule has 0 bridgehead atoms. The summed E-state index contributed by atoms with van der Waals surface area (Å²) in [5, 5.41) is 3.44. The molecule has 2 saturated heterocycles. The zero-order chi connectivity index (χ0) is 13.2. The van der Waals surface area contributed by atoms with Gasteiger partial charge >= 0.3 is 0 Å². The third kappa shape index (κ3) is 5.68. The van der Waals surface area contributed by atoms with Gasteiger partial charge in [0.05, 0.1) is 0 Å². The number of methoxy groups -OCH3 is 1. The summed E-state index contributed by atoms with van der Waals surface area (Å²) in [4.78, 5) is 2.67. The van der Waals surface area contributed by atoms with Crippen LogP contribution in [0.1, 0.15) is 39.5 Å². The Kier molecular flexibility index (Phi) is 8.64. The van der Waals surface area contributed by atoms with E-state index in [4.69, 9.17) is 4.74 Å². The standard InChI is InChI=1S/C13H26N2O.C2H6/c1-16-11-13-4-8-15(9-5-13)10-12-2-6-14-7-3-12;1-2/h12-14H,2-11H2,1H3;1-2H3. The highest BCUT2D eigenvalue weighted by Crippen LogP contribution is 2.20. The van der Waals surface area contributed by atoms with Gasteiger partial charge in [-0.3, -0.25) is 0 Å². The lowest BCUT2D eigenvalue weighted by atomic mass is 9.94. The number of piperidine rings is 2. The molecule has 0 saturated carbocycles. The Labute approximate surface area is 113 Å². The molecule has 3 nitrogen and oxygen atoms in total. The molecule has 2 fully saturated rings. The van der Waals surface area contributed by atoms with Crippen molar-refractivity contribution in [3.05, 3.63) is 0 Å². The maximum Gasteiger partial charge on any atom is 0.0491 e. The van der Waals surface area contributed by atoms with E-state index in [0.29, 0.717) is 0 Å². The number of ether oxygens (including phenoxy) is 1. The van der Waals surface area contributed by atoms with E-state index < -0.39 is 0 Å². The molecule has 18 heavy (non-hydrogen) atoms. The van der Waals surface area contributed by atoms with Crippen molar-refractivity contribution in [3.63, 3.8) is 0 Å². The largest absolute Gasteiger partial charge is 0.384 e. The Morgan fingerprint density at radius 1 is 1.00 bits per heavy atom. The Morgan fingerprint density at radius 2 is 1.61 bits per heavy atom. The number of rotatable bonds is 4. The molecule has 0 radical (unpaired) electrons. The minimum Gasteiger partial charge on any atom is -0.384 e. The molecule has 0 aromatic rings. The zero-order valence-electron chi connectivity index (χ0n) is 12.6. The van der Waals surface area contributed by atoms with Gasteiger partial charge in [-0.2, -0.15) is 0 Å². The minimum absolute atomic E-state index is 0.814. The molecule has 0 spiro atoms. The topological polar surface area (TPSA) is 24.5 Å². The van der Waals surface area contributed by atoms with Gasteiger partial charge in [-0.15, -0.1) is 0 Å². The summed E-state index contributed by atoms with van der Waals surface area (Å²) >= 11 is 0. The lowest BCUT2D eigenvalue weighted by molar-refractivity contribution is 0.0894. The molecule has 108 valence electrons. The molecule has 2 aliphatic heterocycles. The highest BCUT2D eigenvalue weighted by molar-refractivity contribution is 4.77. The van der Waals surface area contributed by atoms with Crippen LogP contribution < -0.4 is 5.32 Å². The molecular formula is C15H32N2O. The van der Waals surface area contributed by atoms with E-state index in [1.54, 1.807) is 0 Å². The van der Waals surface area contributed by atoms with Crippen molar-refractivity contribution in [1.29, 1.82) is 0 Å². The first-order chi connectivity index (χ1) is 8.88. The number of hydrogen-bond donors (Lipinski definition) is 1. The number of likely N-dealkylation sites (tertiary alicyclic amines) is 1. The fourth-order valence-corrected chi connectivity index (χ4v) is 3.00. The second kappa shape index (κ2) is 9.76. The first-order valence-electron chi connectivity index (χ1n) is 7.80. The van der Waals surface area contributed by atoms with E-state index in [-0.39, 0.29) is 0 Å². The molecule has 2 heterocycles. The zero-order valence-corrected chi connectivity index (χ0v) is 12.6. The third-order valence-electron chi connectivity index (χ3n) is 4.08. The van der Waals surface area contributed by atoms with Gasteiger partial charge in [0.2, 0.25) is 0 Å². The molecule has 0 aromatic heterocycles. The van der Waals surface area contributed by atoms with Crippen LogP contribution >= 0.6 is 0 Å². The second-order valence-corrected chi connectivity index (χ2v) is 5.39. The van der Waals surface area contributed by atoms with Crippen molar-refractivity contribution < 1.29 is 4.74 Å². The van der Waals surface area contributed by atoms with E-state index in [1.807, 2.05) is 21.0 Å². The highest BCUT2D eigenvalue weighted by atomic mass is 16.5. The van der Waals surface area contributed by atoms with Crippen molar-refractivity contribution in [2.24, 2.45) is 11.8 Å². The van der Waals surface area contributed by atoms with Gasteiger partial charge in [-0.1, -0.05) is 13.8 Å². The summed E-state index contributed by atoms with van der Waals surface area (Å²) in [5.41, 5.74) is 0. The second-order valence-electron chi connectivity index (χ2n) is 5.39. The van der Waals surface area contributed by atoms with E-state index in [9.17, 15) is 0 Å². The van der Waals surface area contributed by atoms with Crippen LogP contribution in [0.3, 0.4) is 0 Å². The quantitative estimate of drug-likeness (QED) is 0.836. The summed E-state index contributed by atoms with van der Waals surface area (Å²) < 4.78 is 5.24. The first-order valence-corrected chi connectivity index (χ1v) is 7.80. The Hall–Kier alpha value is -0.120. The summed E-state index contributed by atoms with van der Waals surface area (Å²) in [5.74, 6) is 1.76. The van der Waals surface area contributed by atoms with Crippen molar-refractivity contribution in [2.75, 3.05) is 46.4 Å². The van der Waals surface area contributed by atoms with Crippen LogP contribution in [0.15, 0.2) is 0 Å². The third-order valence-corrected chi connectivity index (χ3v) is 4.08. The van der Waals surface area contributed by atoms with E-state index in [2.05, 4.69) is 10.2 Å². The Morgan fingerprint density at radius 3 is 2.17 bits per heavy atom. The average Bonchev–Trinajstić information content (AvgIpc) is 2.45. The van der Waals surface area contributed by atoms with E-state index in [0.717, 1.165) is 18.4 Å². The molecule has 2 rings (SSSR count). The molecule has 0 atom stereocenters. The van der Waals surface area contributed by atoms with Crippen molar-refractivity contribution in [2.45, 2.75) is 39.5 Å². The highest BCUT2D eigenvalue weighted by Gasteiger charge is 2.22. The lowest BCUT2D eigenvalue weighted by Gasteiger charge is -2.35. The van der Waals surface area contributed by atoms with Gasteiger partial charge in [-0.05, 0) is 63.7 Å². The fraction of sp³-hybridized carbons (Fsp3) is 1.00. The van der Waals surface area contributed by atoms with Gasteiger partial charge in [0, 0.05) is 20.3 Å². The first kappa shape index (κ1) is 15.9. The molecule has 0 aromatic carbocycles. The van der Waals surface area contributed by atoms with Crippen molar-refractivity contribution in [1.82, 2.24) is 10.2 Å². The number of nitrogens with zero attached hydrogens (tertiary/aromatic N) is 1. The molecule has 0 unspecified atom stereocenters. The minimum atomic E-state index is 0.814. The number of nitrogens with one attached hydrogen (secondary N) is 1. The Bertz CT molecular complexity index is 185. The van der Waals surface area contributed by atoms with Crippen LogP contribution in [0.2, 0.25) is 0 Å². The van der Waals surface area contributed by atoms with Crippen LogP contribution in [-0.2, 0) is 4.74 Å². The molecule has 1 N–H and O–H groups in total. The maximum atomic E-state index is 5.24. The predicted octanol–water partition coefficient (Wildman–Crippen LogP) is 2.37. The van der Waals surface area contributed by atoms with E-state index >= 15 is 0 Å². The maximum absolute atomic E-state index is 5.24. The van der Waals surface area contributed by atoms with Gasteiger partial charge in [0.1, 0.15) is 0 Å². The Balaban J connectivity index is 0.000000771. The van der Waals surface area contributed by atoms with Crippen LogP contribution in [0.25, 0.3) is 0 Å². The average molecular weight is 256 g/mol. The molecule has 3 heteroatoms. The van der Waals surface area contributed by atoms with Crippen LogP contribution in [0.5, 0.6) is 0 Å².